The highest BCUT2D eigenvalue weighted by Gasteiger charge is 2.39. The number of carbonyl (C=O) groups is 1. The molecule has 1 heterocycles. The molecule has 1 aliphatic carbocycles. The Morgan fingerprint density at radius 1 is 1.06 bits per heavy atom. The Morgan fingerprint density at radius 2 is 1.76 bits per heavy atom. The first-order valence-corrected chi connectivity index (χ1v) is 6.96. The number of hydrogen-bond donors (Lipinski definition) is 1. The molecule has 17 heavy (non-hydrogen) atoms. The average Bonchev–Trinajstić information content (AvgIpc) is 2.64. The number of aliphatic carboxylic acids is 1. The summed E-state index contributed by atoms with van der Waals surface area (Å²) in [4.78, 5) is 13.6. The van der Waals surface area contributed by atoms with Crippen LogP contribution in [0.2, 0.25) is 0 Å². The van der Waals surface area contributed by atoms with Crippen LogP contribution in [0.3, 0.4) is 0 Å². The van der Waals surface area contributed by atoms with Crippen LogP contribution in [0.4, 0.5) is 0 Å². The Bertz CT molecular complexity index is 292. The lowest BCUT2D eigenvalue weighted by atomic mass is 9.78. The van der Waals surface area contributed by atoms with Crippen LogP contribution in [-0.2, 0) is 4.79 Å². The zero-order valence-corrected chi connectivity index (χ0v) is 11.2. The number of hydrogen-bond acceptors (Lipinski definition) is 2. The van der Waals surface area contributed by atoms with Gasteiger partial charge in [0, 0.05) is 19.1 Å². The van der Waals surface area contributed by atoms with Crippen molar-refractivity contribution in [3.63, 3.8) is 0 Å². The molecule has 3 unspecified atom stereocenters. The highest BCUT2D eigenvalue weighted by Crippen LogP contribution is 2.35. The second-order valence-corrected chi connectivity index (χ2v) is 6.30. The molecular formula is C14H25NO2. The molecule has 2 fully saturated rings. The minimum absolute atomic E-state index is 0.148. The van der Waals surface area contributed by atoms with Crippen molar-refractivity contribution in [1.29, 1.82) is 0 Å². The van der Waals surface area contributed by atoms with Gasteiger partial charge in [0.05, 0.1) is 5.92 Å². The van der Waals surface area contributed by atoms with Crippen LogP contribution in [0.15, 0.2) is 0 Å². The molecule has 1 saturated heterocycles. The molecule has 98 valence electrons. The first kappa shape index (κ1) is 12.9. The summed E-state index contributed by atoms with van der Waals surface area (Å²) in [7, 11) is 0. The van der Waals surface area contributed by atoms with E-state index in [0.29, 0.717) is 12.0 Å². The average molecular weight is 239 g/mol. The summed E-state index contributed by atoms with van der Waals surface area (Å²) < 4.78 is 0. The summed E-state index contributed by atoms with van der Waals surface area (Å²) in [6, 6.07) is 0.632. The van der Waals surface area contributed by atoms with E-state index in [0.717, 1.165) is 24.9 Å². The predicted molar refractivity (Wildman–Crippen MR) is 67.8 cm³/mol. The van der Waals surface area contributed by atoms with Gasteiger partial charge in [-0.25, -0.2) is 0 Å². The lowest BCUT2D eigenvalue weighted by Gasteiger charge is -2.37. The molecule has 1 saturated carbocycles. The first-order chi connectivity index (χ1) is 7.99. The van der Waals surface area contributed by atoms with Crippen LogP contribution in [0.1, 0.15) is 40.0 Å². The molecule has 1 aliphatic heterocycles. The van der Waals surface area contributed by atoms with E-state index in [1.807, 2.05) is 0 Å². The maximum atomic E-state index is 11.1. The monoisotopic (exact) mass is 239 g/mol. The Hall–Kier alpha value is -0.570. The normalized spacial score (nSPS) is 43.8. The zero-order valence-electron chi connectivity index (χ0n) is 11.2. The van der Waals surface area contributed by atoms with E-state index in [1.165, 1.54) is 19.3 Å². The minimum Gasteiger partial charge on any atom is -0.481 e. The van der Waals surface area contributed by atoms with Crippen molar-refractivity contribution in [3.8, 4) is 0 Å². The molecule has 0 amide bonds. The molecule has 0 bridgehead atoms. The van der Waals surface area contributed by atoms with Crippen molar-refractivity contribution in [2.75, 3.05) is 13.1 Å². The largest absolute Gasteiger partial charge is 0.481 e. The summed E-state index contributed by atoms with van der Waals surface area (Å²) in [6.45, 7) is 8.50. The van der Waals surface area contributed by atoms with Crippen molar-refractivity contribution >= 4 is 5.97 Å². The summed E-state index contributed by atoms with van der Waals surface area (Å²) >= 11 is 0. The molecule has 1 N–H and O–H groups in total. The molecule has 0 aromatic rings. The fourth-order valence-corrected chi connectivity index (χ4v) is 3.47. The third-order valence-electron chi connectivity index (χ3n) is 5.04. The Balaban J connectivity index is 1.94. The van der Waals surface area contributed by atoms with Gasteiger partial charge in [0.2, 0.25) is 0 Å². The smallest absolute Gasteiger partial charge is 0.308 e. The highest BCUT2D eigenvalue weighted by molar-refractivity contribution is 5.71. The Kier molecular flexibility index (Phi) is 3.76. The second-order valence-electron chi connectivity index (χ2n) is 6.30. The van der Waals surface area contributed by atoms with E-state index >= 15 is 0 Å². The molecule has 3 nitrogen and oxygen atoms in total. The van der Waals surface area contributed by atoms with Crippen LogP contribution in [0, 0.1) is 23.7 Å². The fourth-order valence-electron chi connectivity index (χ4n) is 3.47. The third kappa shape index (κ3) is 2.65. The van der Waals surface area contributed by atoms with Crippen molar-refractivity contribution in [2.45, 2.75) is 46.1 Å². The van der Waals surface area contributed by atoms with Crippen molar-refractivity contribution in [3.05, 3.63) is 0 Å². The van der Waals surface area contributed by atoms with Gasteiger partial charge in [-0.2, -0.15) is 0 Å². The number of carboxylic acids is 1. The Labute approximate surface area is 104 Å². The van der Waals surface area contributed by atoms with Crippen LogP contribution < -0.4 is 0 Å². The standard InChI is InChI=1S/C14H25NO2/c1-9-4-5-12(6-10(9)2)15-7-11(3)13(8-15)14(16)17/h9-13H,4-8H2,1-3H3,(H,16,17)/t9?,10?,11-,12?,13-/m1/s1. The van der Waals surface area contributed by atoms with Gasteiger partial charge >= 0.3 is 5.97 Å². The molecule has 0 aromatic heterocycles. The van der Waals surface area contributed by atoms with Gasteiger partial charge in [0.25, 0.3) is 0 Å². The van der Waals surface area contributed by atoms with E-state index in [-0.39, 0.29) is 5.92 Å². The van der Waals surface area contributed by atoms with E-state index < -0.39 is 5.97 Å². The molecule has 3 heteroatoms. The summed E-state index contributed by atoms with van der Waals surface area (Å²) in [6.07, 6.45) is 3.80. The summed E-state index contributed by atoms with van der Waals surface area (Å²) in [5.41, 5.74) is 0. The lowest BCUT2D eigenvalue weighted by Crippen LogP contribution is -2.39. The maximum Gasteiger partial charge on any atom is 0.308 e. The van der Waals surface area contributed by atoms with Crippen molar-refractivity contribution in [2.24, 2.45) is 23.7 Å². The van der Waals surface area contributed by atoms with Crippen LogP contribution in [-0.4, -0.2) is 35.1 Å². The summed E-state index contributed by atoms with van der Waals surface area (Å²) in [5.74, 6) is 1.17. The van der Waals surface area contributed by atoms with E-state index in [9.17, 15) is 4.79 Å². The molecule has 0 spiro atoms. The highest BCUT2D eigenvalue weighted by atomic mass is 16.4. The zero-order chi connectivity index (χ0) is 12.6. The van der Waals surface area contributed by atoms with Crippen molar-refractivity contribution < 1.29 is 9.90 Å². The van der Waals surface area contributed by atoms with E-state index in [2.05, 4.69) is 25.7 Å². The second kappa shape index (κ2) is 4.97. The molecule has 0 radical (unpaired) electrons. The van der Waals surface area contributed by atoms with Crippen molar-refractivity contribution in [1.82, 2.24) is 4.90 Å². The molecular weight excluding hydrogens is 214 g/mol. The quantitative estimate of drug-likeness (QED) is 0.804. The fraction of sp³-hybridized carbons (Fsp3) is 0.929. The number of likely N-dealkylation sites (tertiary alicyclic amines) is 1. The van der Waals surface area contributed by atoms with Gasteiger partial charge in [-0.05, 0) is 37.0 Å². The number of nitrogens with zero attached hydrogens (tertiary/aromatic N) is 1. The lowest BCUT2D eigenvalue weighted by molar-refractivity contribution is -0.142. The van der Waals surface area contributed by atoms with Gasteiger partial charge in [-0.15, -0.1) is 0 Å². The van der Waals surface area contributed by atoms with Gasteiger partial charge in [-0.1, -0.05) is 20.8 Å². The Morgan fingerprint density at radius 3 is 2.29 bits per heavy atom. The SMILES string of the molecule is CC1CCC(N2C[C@@H](C)[C@H](C(=O)O)C2)CC1C. The third-order valence-corrected chi connectivity index (χ3v) is 5.04. The van der Waals surface area contributed by atoms with Gasteiger partial charge in [0.1, 0.15) is 0 Å². The maximum absolute atomic E-state index is 11.1. The number of rotatable bonds is 2. The molecule has 0 aromatic carbocycles. The molecule has 5 atom stereocenters. The van der Waals surface area contributed by atoms with Gasteiger partial charge < -0.3 is 5.11 Å². The first-order valence-electron chi connectivity index (χ1n) is 6.96. The van der Waals surface area contributed by atoms with E-state index in [1.54, 1.807) is 0 Å². The summed E-state index contributed by atoms with van der Waals surface area (Å²) in [5, 5.41) is 9.17. The molecule has 2 rings (SSSR count). The van der Waals surface area contributed by atoms with Gasteiger partial charge in [-0.3, -0.25) is 9.69 Å². The number of carboxylic acid groups (broad SMARTS) is 1. The van der Waals surface area contributed by atoms with E-state index in [4.69, 9.17) is 5.11 Å². The van der Waals surface area contributed by atoms with Crippen LogP contribution in [0.25, 0.3) is 0 Å². The topological polar surface area (TPSA) is 40.5 Å². The van der Waals surface area contributed by atoms with Gasteiger partial charge in [0.15, 0.2) is 0 Å². The van der Waals surface area contributed by atoms with Crippen LogP contribution >= 0.6 is 0 Å². The molecule has 2 aliphatic rings. The predicted octanol–water partition coefficient (Wildman–Crippen LogP) is 2.46. The minimum atomic E-state index is -0.614. The van der Waals surface area contributed by atoms with Crippen LogP contribution in [0.5, 0.6) is 0 Å².